The topological polar surface area (TPSA) is 77.5 Å². The quantitative estimate of drug-likeness (QED) is 0.613. The molecule has 0 unspecified atom stereocenters. The van der Waals surface area contributed by atoms with Crippen LogP contribution in [0.3, 0.4) is 0 Å². The summed E-state index contributed by atoms with van der Waals surface area (Å²) in [5.74, 6) is 0.484. The Balaban J connectivity index is 1.47. The fraction of sp³-hybridized carbons (Fsp3) is 0.440. The van der Waals surface area contributed by atoms with Crippen LogP contribution in [0.5, 0.6) is 17.2 Å². The Hall–Kier alpha value is -3.33. The molecule has 2 aliphatic rings. The van der Waals surface area contributed by atoms with Gasteiger partial charge < -0.3 is 19.1 Å². The molecular formula is C25H29FN2O6. The van der Waals surface area contributed by atoms with E-state index in [4.69, 9.17) is 19.0 Å². The highest BCUT2D eigenvalue weighted by Crippen LogP contribution is 2.42. The molecule has 0 aromatic heterocycles. The average molecular weight is 473 g/mol. The molecule has 1 spiro atoms. The number of piperidine rings is 1. The smallest absolute Gasteiger partial charge is 0.257 e. The second kappa shape index (κ2) is 9.89. The van der Waals surface area contributed by atoms with Gasteiger partial charge in [-0.2, -0.15) is 0 Å². The molecule has 0 radical (unpaired) electrons. The number of hydroxylamine groups is 2. The zero-order valence-electron chi connectivity index (χ0n) is 19.6. The fourth-order valence-corrected chi connectivity index (χ4v) is 4.78. The zero-order chi connectivity index (χ0) is 24.3. The molecule has 2 aromatic carbocycles. The van der Waals surface area contributed by atoms with Crippen LogP contribution < -0.4 is 14.2 Å². The van der Waals surface area contributed by atoms with Crippen molar-refractivity contribution in [1.82, 2.24) is 9.96 Å². The molecule has 0 bridgehead atoms. The van der Waals surface area contributed by atoms with Gasteiger partial charge in [0.1, 0.15) is 12.4 Å². The van der Waals surface area contributed by atoms with Gasteiger partial charge in [0.2, 0.25) is 11.7 Å². The molecule has 182 valence electrons. The number of likely N-dealkylation sites (tertiary alicyclic amines) is 1. The summed E-state index contributed by atoms with van der Waals surface area (Å²) >= 11 is 0. The molecule has 0 atom stereocenters. The van der Waals surface area contributed by atoms with Crippen LogP contribution in [0.4, 0.5) is 4.39 Å². The third-order valence-corrected chi connectivity index (χ3v) is 6.68. The molecule has 2 fully saturated rings. The van der Waals surface area contributed by atoms with Crippen molar-refractivity contribution in [3.63, 3.8) is 0 Å². The number of carbonyl (C=O) groups excluding carboxylic acids is 2. The normalized spacial score (nSPS) is 17.2. The highest BCUT2D eigenvalue weighted by atomic mass is 19.1. The van der Waals surface area contributed by atoms with Gasteiger partial charge in [-0.15, -0.1) is 0 Å². The van der Waals surface area contributed by atoms with E-state index in [1.54, 1.807) is 35.2 Å². The first kappa shape index (κ1) is 23.8. The first-order valence-electron chi connectivity index (χ1n) is 11.2. The predicted octanol–water partition coefficient (Wildman–Crippen LogP) is 3.58. The minimum Gasteiger partial charge on any atom is -0.493 e. The summed E-state index contributed by atoms with van der Waals surface area (Å²) in [5.41, 5.74) is 0.276. The van der Waals surface area contributed by atoms with E-state index in [9.17, 15) is 14.0 Å². The summed E-state index contributed by atoms with van der Waals surface area (Å²) in [6, 6.07) is 9.69. The molecule has 0 N–H and O–H groups in total. The van der Waals surface area contributed by atoms with Gasteiger partial charge in [0.25, 0.3) is 5.91 Å². The molecule has 9 heteroatoms. The van der Waals surface area contributed by atoms with Crippen molar-refractivity contribution < 1.29 is 33.0 Å². The summed E-state index contributed by atoms with van der Waals surface area (Å²) < 4.78 is 30.2. The van der Waals surface area contributed by atoms with Crippen molar-refractivity contribution in [2.24, 2.45) is 0 Å². The van der Waals surface area contributed by atoms with Crippen molar-refractivity contribution in [2.75, 3.05) is 34.4 Å². The van der Waals surface area contributed by atoms with Crippen molar-refractivity contribution in [3.8, 4) is 17.2 Å². The number of ether oxygens (including phenoxy) is 3. The van der Waals surface area contributed by atoms with E-state index >= 15 is 0 Å². The molecule has 2 amide bonds. The maximum Gasteiger partial charge on any atom is 0.257 e. The largest absolute Gasteiger partial charge is 0.493 e. The lowest BCUT2D eigenvalue weighted by atomic mass is 9.85. The minimum absolute atomic E-state index is 0.0222. The second-order valence-electron chi connectivity index (χ2n) is 8.45. The maximum atomic E-state index is 14.0. The van der Waals surface area contributed by atoms with Gasteiger partial charge in [-0.05, 0) is 37.5 Å². The summed E-state index contributed by atoms with van der Waals surface area (Å²) in [6.07, 6.45) is 2.15. The first-order chi connectivity index (χ1) is 16.4. The molecule has 2 aliphatic heterocycles. The maximum absolute atomic E-state index is 14.0. The van der Waals surface area contributed by atoms with Crippen LogP contribution in [0.1, 0.15) is 41.6 Å². The molecule has 0 aliphatic carbocycles. The molecule has 34 heavy (non-hydrogen) atoms. The van der Waals surface area contributed by atoms with Crippen LogP contribution in [-0.4, -0.2) is 61.7 Å². The molecule has 0 saturated carbocycles. The van der Waals surface area contributed by atoms with Crippen molar-refractivity contribution >= 4 is 11.8 Å². The van der Waals surface area contributed by atoms with Gasteiger partial charge in [0, 0.05) is 25.1 Å². The third-order valence-electron chi connectivity index (χ3n) is 6.68. The number of carbonyl (C=O) groups is 2. The van der Waals surface area contributed by atoms with E-state index in [-0.39, 0.29) is 24.2 Å². The Labute approximate surface area is 198 Å². The van der Waals surface area contributed by atoms with E-state index in [1.165, 1.54) is 32.5 Å². The highest BCUT2D eigenvalue weighted by Gasteiger charge is 2.49. The number of amides is 2. The Morgan fingerprint density at radius 1 is 0.971 bits per heavy atom. The number of benzene rings is 2. The molecule has 4 rings (SSSR count). The molecule has 2 saturated heterocycles. The van der Waals surface area contributed by atoms with Gasteiger partial charge >= 0.3 is 0 Å². The van der Waals surface area contributed by atoms with E-state index < -0.39 is 5.54 Å². The van der Waals surface area contributed by atoms with Crippen LogP contribution in [0, 0.1) is 5.82 Å². The Kier molecular flexibility index (Phi) is 6.92. The van der Waals surface area contributed by atoms with Crippen molar-refractivity contribution in [3.05, 3.63) is 53.3 Å². The number of hydrogen-bond donors (Lipinski definition) is 0. The van der Waals surface area contributed by atoms with E-state index in [1.807, 2.05) is 0 Å². The Morgan fingerprint density at radius 2 is 1.68 bits per heavy atom. The van der Waals surface area contributed by atoms with Gasteiger partial charge in [-0.3, -0.25) is 14.4 Å². The van der Waals surface area contributed by atoms with Crippen LogP contribution in [0.25, 0.3) is 0 Å². The van der Waals surface area contributed by atoms with Crippen LogP contribution in [0.15, 0.2) is 36.4 Å². The van der Waals surface area contributed by atoms with Crippen molar-refractivity contribution in [1.29, 1.82) is 0 Å². The standard InChI is InChI=1S/C25H29FN2O6/c1-31-20-9-8-18(22(32-2)23(20)33-3)24(30)27-14-12-25(13-15-27)11-10-21(29)28(25)34-16-17-6-4-5-7-19(17)26/h4-9H,10-16H2,1-3H3. The minimum atomic E-state index is -0.499. The van der Waals surface area contributed by atoms with Gasteiger partial charge in [0.15, 0.2) is 11.5 Å². The molecule has 2 heterocycles. The lowest BCUT2D eigenvalue weighted by Crippen LogP contribution is -2.54. The Morgan fingerprint density at radius 3 is 2.32 bits per heavy atom. The fourth-order valence-electron chi connectivity index (χ4n) is 4.78. The summed E-state index contributed by atoms with van der Waals surface area (Å²) in [5, 5.41) is 1.43. The number of nitrogens with zero attached hydrogens (tertiary/aromatic N) is 2. The summed E-state index contributed by atoms with van der Waals surface area (Å²) in [6.45, 7) is 0.873. The van der Waals surface area contributed by atoms with Crippen LogP contribution in [0.2, 0.25) is 0 Å². The SMILES string of the molecule is COc1ccc(C(=O)N2CCC3(CCC(=O)N3OCc3ccccc3F)CC2)c(OC)c1OC. The zero-order valence-corrected chi connectivity index (χ0v) is 19.6. The predicted molar refractivity (Wildman–Crippen MR) is 121 cm³/mol. The van der Waals surface area contributed by atoms with Crippen LogP contribution in [-0.2, 0) is 16.2 Å². The summed E-state index contributed by atoms with van der Waals surface area (Å²) in [7, 11) is 4.49. The highest BCUT2D eigenvalue weighted by molar-refractivity contribution is 5.98. The van der Waals surface area contributed by atoms with Crippen molar-refractivity contribution in [2.45, 2.75) is 37.8 Å². The van der Waals surface area contributed by atoms with E-state index in [0.717, 1.165) is 0 Å². The van der Waals surface area contributed by atoms with Gasteiger partial charge in [-0.25, -0.2) is 9.45 Å². The number of hydrogen-bond acceptors (Lipinski definition) is 6. The monoisotopic (exact) mass is 472 g/mol. The lowest BCUT2D eigenvalue weighted by Gasteiger charge is -2.43. The van der Waals surface area contributed by atoms with Crippen LogP contribution >= 0.6 is 0 Å². The van der Waals surface area contributed by atoms with E-state index in [0.29, 0.717) is 67.1 Å². The van der Waals surface area contributed by atoms with Gasteiger partial charge in [-0.1, -0.05) is 18.2 Å². The third kappa shape index (κ3) is 4.27. The molecular weight excluding hydrogens is 443 g/mol. The summed E-state index contributed by atoms with van der Waals surface area (Å²) in [4.78, 5) is 33.5. The first-order valence-corrected chi connectivity index (χ1v) is 11.2. The average Bonchev–Trinajstić information content (AvgIpc) is 3.16. The lowest BCUT2D eigenvalue weighted by molar-refractivity contribution is -0.222. The van der Waals surface area contributed by atoms with Gasteiger partial charge in [0.05, 0.1) is 32.4 Å². The Bertz CT molecular complexity index is 1070. The number of methoxy groups -OCH3 is 3. The molecule has 2 aromatic rings. The second-order valence-corrected chi connectivity index (χ2v) is 8.45. The molecule has 8 nitrogen and oxygen atoms in total. The van der Waals surface area contributed by atoms with E-state index in [2.05, 4.69) is 0 Å². The number of halogens is 1. The number of rotatable bonds is 7.